The first-order valence-corrected chi connectivity index (χ1v) is 11.9. The number of nitrogens with zero attached hydrogens (tertiary/aromatic N) is 3. The zero-order chi connectivity index (χ0) is 22.2. The molecule has 1 aliphatic heterocycles. The fraction of sp³-hybridized carbons (Fsp3) is 0.455. The van der Waals surface area contributed by atoms with Crippen molar-refractivity contribution in [3.8, 4) is 0 Å². The van der Waals surface area contributed by atoms with Gasteiger partial charge in [0.1, 0.15) is 5.03 Å². The molecule has 2 N–H and O–H groups in total. The predicted octanol–water partition coefficient (Wildman–Crippen LogP) is 3.91. The van der Waals surface area contributed by atoms with E-state index in [-0.39, 0.29) is 23.5 Å². The smallest absolute Gasteiger partial charge is 0.234 e. The van der Waals surface area contributed by atoms with Crippen LogP contribution in [0.1, 0.15) is 31.7 Å². The Kier molecular flexibility index (Phi) is 8.54. The van der Waals surface area contributed by atoms with Gasteiger partial charge in [0, 0.05) is 30.3 Å². The quantitative estimate of drug-likeness (QED) is 0.579. The molecule has 2 heterocycles. The molecular formula is C22H28ClN5O2S. The Morgan fingerprint density at radius 1 is 1.26 bits per heavy atom. The van der Waals surface area contributed by atoms with E-state index in [1.165, 1.54) is 11.8 Å². The molecule has 2 amide bonds. The van der Waals surface area contributed by atoms with Gasteiger partial charge in [-0.25, -0.2) is 0 Å². The summed E-state index contributed by atoms with van der Waals surface area (Å²) in [6.45, 7) is 6.19. The van der Waals surface area contributed by atoms with Crippen molar-refractivity contribution < 1.29 is 9.59 Å². The number of rotatable bonds is 8. The highest BCUT2D eigenvalue weighted by atomic mass is 35.5. The lowest BCUT2D eigenvalue weighted by Gasteiger charge is -2.32. The largest absolute Gasteiger partial charge is 0.356 e. The van der Waals surface area contributed by atoms with Gasteiger partial charge in [-0.2, -0.15) is 0 Å². The Balaban J connectivity index is 1.49. The topological polar surface area (TPSA) is 87.2 Å². The first-order chi connectivity index (χ1) is 15.0. The minimum absolute atomic E-state index is 0.0184. The zero-order valence-corrected chi connectivity index (χ0v) is 19.4. The van der Waals surface area contributed by atoms with Gasteiger partial charge in [-0.05, 0) is 56.0 Å². The molecule has 1 saturated heterocycles. The Bertz CT molecular complexity index is 909. The molecule has 7 nitrogen and oxygen atoms in total. The monoisotopic (exact) mass is 461 g/mol. The van der Waals surface area contributed by atoms with Gasteiger partial charge in [-0.15, -0.1) is 10.2 Å². The predicted molar refractivity (Wildman–Crippen MR) is 126 cm³/mol. The van der Waals surface area contributed by atoms with Gasteiger partial charge in [0.25, 0.3) is 0 Å². The van der Waals surface area contributed by atoms with Crippen LogP contribution in [0.25, 0.3) is 0 Å². The van der Waals surface area contributed by atoms with E-state index in [1.807, 2.05) is 38.1 Å². The lowest BCUT2D eigenvalue weighted by molar-refractivity contribution is -0.125. The van der Waals surface area contributed by atoms with Gasteiger partial charge >= 0.3 is 0 Å². The second-order valence-corrected chi connectivity index (χ2v) is 9.01. The molecule has 0 unspecified atom stereocenters. The molecular weight excluding hydrogens is 434 g/mol. The SMILES string of the molecule is CCCNC(=O)[C@H]1CCCN(c2ccc(SCC(=O)Nc3ccc(C)c(Cl)c3)nn2)C1. The first-order valence-electron chi connectivity index (χ1n) is 10.5. The van der Waals surface area contributed by atoms with Crippen molar-refractivity contribution in [2.45, 2.75) is 38.1 Å². The van der Waals surface area contributed by atoms with E-state index in [4.69, 9.17) is 11.6 Å². The number of aromatic nitrogens is 2. The number of hydrogen-bond acceptors (Lipinski definition) is 6. The number of halogens is 1. The number of amides is 2. The maximum Gasteiger partial charge on any atom is 0.234 e. The number of carbonyl (C=O) groups is 2. The summed E-state index contributed by atoms with van der Waals surface area (Å²) in [4.78, 5) is 26.6. The van der Waals surface area contributed by atoms with Crippen LogP contribution >= 0.6 is 23.4 Å². The van der Waals surface area contributed by atoms with Gasteiger partial charge in [0.05, 0.1) is 11.7 Å². The standard InChI is InChI=1S/C22H28ClN5O2S/c1-3-10-24-22(30)16-5-4-11-28(13-16)19-8-9-21(27-26-19)31-14-20(29)25-17-7-6-15(2)18(23)12-17/h6-9,12,16H,3-5,10-11,13-14H2,1-2H3,(H,24,30)(H,25,29)/t16-/m0/s1. The number of hydrogen-bond donors (Lipinski definition) is 2. The summed E-state index contributed by atoms with van der Waals surface area (Å²) in [5.74, 6) is 0.953. The summed E-state index contributed by atoms with van der Waals surface area (Å²) >= 11 is 7.42. The molecule has 0 bridgehead atoms. The van der Waals surface area contributed by atoms with Crippen molar-refractivity contribution >= 4 is 46.7 Å². The van der Waals surface area contributed by atoms with Gasteiger partial charge in [0.2, 0.25) is 11.8 Å². The molecule has 1 aliphatic rings. The third-order valence-electron chi connectivity index (χ3n) is 5.10. The molecule has 3 rings (SSSR count). The number of piperidine rings is 1. The summed E-state index contributed by atoms with van der Waals surface area (Å²) in [5, 5.41) is 15.7. The molecule has 1 aromatic heterocycles. The van der Waals surface area contributed by atoms with Crippen LogP contribution in [0.2, 0.25) is 5.02 Å². The van der Waals surface area contributed by atoms with Crippen molar-refractivity contribution in [1.29, 1.82) is 0 Å². The van der Waals surface area contributed by atoms with Crippen LogP contribution < -0.4 is 15.5 Å². The number of thioether (sulfide) groups is 1. The van der Waals surface area contributed by atoms with Gasteiger partial charge in [0.15, 0.2) is 5.82 Å². The Morgan fingerprint density at radius 2 is 2.10 bits per heavy atom. The van der Waals surface area contributed by atoms with E-state index in [9.17, 15) is 9.59 Å². The first kappa shape index (κ1) is 23.3. The molecule has 166 valence electrons. The average Bonchev–Trinajstić information content (AvgIpc) is 2.79. The van der Waals surface area contributed by atoms with Crippen LogP contribution in [0.15, 0.2) is 35.4 Å². The van der Waals surface area contributed by atoms with Crippen molar-refractivity contribution in [2.75, 3.05) is 35.6 Å². The molecule has 0 radical (unpaired) electrons. The summed E-state index contributed by atoms with van der Waals surface area (Å²) in [5.41, 5.74) is 1.64. The van der Waals surface area contributed by atoms with Crippen LogP contribution in [0.3, 0.4) is 0 Å². The van der Waals surface area contributed by atoms with Crippen LogP contribution in [0.5, 0.6) is 0 Å². The highest BCUT2D eigenvalue weighted by Gasteiger charge is 2.26. The van der Waals surface area contributed by atoms with Gasteiger partial charge in [-0.1, -0.05) is 36.4 Å². The number of aryl methyl sites for hydroxylation is 1. The van der Waals surface area contributed by atoms with Crippen molar-refractivity contribution in [2.24, 2.45) is 5.92 Å². The fourth-order valence-corrected chi connectivity index (χ4v) is 4.15. The highest BCUT2D eigenvalue weighted by molar-refractivity contribution is 7.99. The zero-order valence-electron chi connectivity index (χ0n) is 17.9. The summed E-state index contributed by atoms with van der Waals surface area (Å²) in [7, 11) is 0. The molecule has 0 saturated carbocycles. The van der Waals surface area contributed by atoms with Crippen LogP contribution in [0, 0.1) is 12.8 Å². The highest BCUT2D eigenvalue weighted by Crippen LogP contribution is 2.24. The second-order valence-electron chi connectivity index (χ2n) is 7.61. The van der Waals surface area contributed by atoms with E-state index in [0.29, 0.717) is 28.8 Å². The number of nitrogens with one attached hydrogen (secondary N) is 2. The lowest BCUT2D eigenvalue weighted by Crippen LogP contribution is -2.43. The summed E-state index contributed by atoms with van der Waals surface area (Å²) in [6, 6.07) is 9.20. The molecule has 31 heavy (non-hydrogen) atoms. The Hall–Kier alpha value is -2.32. The van der Waals surface area contributed by atoms with E-state index < -0.39 is 0 Å². The lowest BCUT2D eigenvalue weighted by atomic mass is 9.97. The molecule has 0 spiro atoms. The molecule has 1 atom stereocenters. The van der Waals surface area contributed by atoms with E-state index in [0.717, 1.165) is 37.2 Å². The molecule has 1 aromatic carbocycles. The van der Waals surface area contributed by atoms with Crippen molar-refractivity contribution in [3.63, 3.8) is 0 Å². The van der Waals surface area contributed by atoms with Crippen LogP contribution in [-0.2, 0) is 9.59 Å². The maximum absolute atomic E-state index is 12.3. The second kappa shape index (κ2) is 11.3. The fourth-order valence-electron chi connectivity index (χ4n) is 3.36. The maximum atomic E-state index is 12.3. The molecule has 9 heteroatoms. The van der Waals surface area contributed by atoms with E-state index in [1.54, 1.807) is 6.07 Å². The Morgan fingerprint density at radius 3 is 2.81 bits per heavy atom. The molecule has 2 aromatic rings. The number of carbonyl (C=O) groups excluding carboxylic acids is 2. The van der Waals surface area contributed by atoms with Crippen molar-refractivity contribution in [1.82, 2.24) is 15.5 Å². The van der Waals surface area contributed by atoms with E-state index >= 15 is 0 Å². The third kappa shape index (κ3) is 6.83. The molecule has 0 aliphatic carbocycles. The van der Waals surface area contributed by atoms with Crippen LogP contribution in [0.4, 0.5) is 11.5 Å². The average molecular weight is 462 g/mol. The van der Waals surface area contributed by atoms with Crippen LogP contribution in [-0.4, -0.2) is 47.4 Å². The number of benzene rings is 1. The number of anilines is 2. The third-order valence-corrected chi connectivity index (χ3v) is 6.43. The summed E-state index contributed by atoms with van der Waals surface area (Å²) < 4.78 is 0. The van der Waals surface area contributed by atoms with E-state index in [2.05, 4.69) is 25.7 Å². The normalized spacial score (nSPS) is 16.1. The van der Waals surface area contributed by atoms with Gasteiger partial charge in [-0.3, -0.25) is 9.59 Å². The van der Waals surface area contributed by atoms with Crippen molar-refractivity contribution in [3.05, 3.63) is 40.9 Å². The molecule has 1 fully saturated rings. The van der Waals surface area contributed by atoms with Gasteiger partial charge < -0.3 is 15.5 Å². The minimum Gasteiger partial charge on any atom is -0.356 e. The Labute approximate surface area is 192 Å². The summed E-state index contributed by atoms with van der Waals surface area (Å²) in [6.07, 6.45) is 2.78. The minimum atomic E-state index is -0.132.